The van der Waals surface area contributed by atoms with Crippen LogP contribution < -0.4 is 14.8 Å². The van der Waals surface area contributed by atoms with E-state index in [2.05, 4.69) is 10.2 Å². The van der Waals surface area contributed by atoms with Crippen LogP contribution >= 0.6 is 0 Å². The van der Waals surface area contributed by atoms with Gasteiger partial charge in [0.1, 0.15) is 17.2 Å². The fraction of sp³-hybridized carbons (Fsp3) is 0.360. The van der Waals surface area contributed by atoms with Crippen molar-refractivity contribution in [1.29, 1.82) is 0 Å². The summed E-state index contributed by atoms with van der Waals surface area (Å²) in [5.41, 5.74) is 2.83. The lowest BCUT2D eigenvalue weighted by molar-refractivity contribution is 0.0374. The minimum atomic E-state index is -0.158. The van der Waals surface area contributed by atoms with E-state index in [-0.39, 0.29) is 5.91 Å². The number of carbonyl (C=O) groups excluding carboxylic acids is 1. The van der Waals surface area contributed by atoms with Crippen LogP contribution in [0.25, 0.3) is 16.9 Å². The van der Waals surface area contributed by atoms with Gasteiger partial charge in [-0.05, 0) is 55.4 Å². The van der Waals surface area contributed by atoms with Crippen molar-refractivity contribution in [3.05, 3.63) is 60.3 Å². The number of rotatable bonds is 9. The van der Waals surface area contributed by atoms with Crippen LogP contribution in [-0.2, 0) is 4.74 Å². The van der Waals surface area contributed by atoms with Gasteiger partial charge in [-0.25, -0.2) is 4.68 Å². The van der Waals surface area contributed by atoms with Crippen LogP contribution in [0.15, 0.2) is 54.6 Å². The Kier molecular flexibility index (Phi) is 7.59. The molecule has 1 fully saturated rings. The molecular formula is C25H30N4O4. The van der Waals surface area contributed by atoms with E-state index in [1.54, 1.807) is 18.9 Å². The maximum absolute atomic E-state index is 13.1. The topological polar surface area (TPSA) is 77.8 Å². The van der Waals surface area contributed by atoms with E-state index in [1.165, 1.54) is 0 Å². The molecule has 1 saturated heterocycles. The number of carbonyl (C=O) groups is 1. The van der Waals surface area contributed by atoms with Crippen LogP contribution in [0.2, 0.25) is 0 Å². The average Bonchev–Trinajstić information content (AvgIpc) is 3.33. The average molecular weight is 451 g/mol. The Bertz CT molecular complexity index is 1060. The second-order valence-corrected chi connectivity index (χ2v) is 7.82. The van der Waals surface area contributed by atoms with Crippen LogP contribution in [0, 0.1) is 0 Å². The number of methoxy groups -OCH3 is 2. The highest BCUT2D eigenvalue weighted by Crippen LogP contribution is 2.26. The van der Waals surface area contributed by atoms with Gasteiger partial charge in [0, 0.05) is 25.2 Å². The number of benzene rings is 2. The van der Waals surface area contributed by atoms with E-state index in [0.29, 0.717) is 17.9 Å². The summed E-state index contributed by atoms with van der Waals surface area (Å²) in [4.78, 5) is 15.5. The lowest BCUT2D eigenvalue weighted by atomic mass is 10.1. The molecule has 1 amide bonds. The largest absolute Gasteiger partial charge is 0.497 e. The zero-order chi connectivity index (χ0) is 23.0. The van der Waals surface area contributed by atoms with Crippen molar-refractivity contribution < 1.29 is 19.0 Å². The molecule has 8 heteroatoms. The summed E-state index contributed by atoms with van der Waals surface area (Å²) in [7, 11) is 3.25. The van der Waals surface area contributed by atoms with Crippen LogP contribution in [0.3, 0.4) is 0 Å². The molecule has 2 heterocycles. The summed E-state index contributed by atoms with van der Waals surface area (Å²) >= 11 is 0. The van der Waals surface area contributed by atoms with Gasteiger partial charge in [-0.15, -0.1) is 0 Å². The van der Waals surface area contributed by atoms with E-state index in [1.807, 2.05) is 54.6 Å². The Hall–Kier alpha value is -3.36. The maximum Gasteiger partial charge on any atom is 0.270 e. The first kappa shape index (κ1) is 22.8. The smallest absolute Gasteiger partial charge is 0.270 e. The fourth-order valence-electron chi connectivity index (χ4n) is 3.81. The summed E-state index contributed by atoms with van der Waals surface area (Å²) < 4.78 is 17.7. The zero-order valence-corrected chi connectivity index (χ0v) is 19.1. The lowest BCUT2D eigenvalue weighted by Gasteiger charge is -2.26. The van der Waals surface area contributed by atoms with Gasteiger partial charge in [-0.2, -0.15) is 5.10 Å². The number of ether oxygens (including phenoxy) is 3. The van der Waals surface area contributed by atoms with Gasteiger partial charge in [0.25, 0.3) is 5.91 Å². The molecule has 8 nitrogen and oxygen atoms in total. The second-order valence-electron chi connectivity index (χ2n) is 7.82. The van der Waals surface area contributed by atoms with Gasteiger partial charge in [-0.3, -0.25) is 9.69 Å². The summed E-state index contributed by atoms with van der Waals surface area (Å²) in [5, 5.41) is 7.79. The highest BCUT2D eigenvalue weighted by atomic mass is 16.5. The van der Waals surface area contributed by atoms with E-state index in [4.69, 9.17) is 19.3 Å². The molecule has 1 N–H and O–H groups in total. The van der Waals surface area contributed by atoms with E-state index < -0.39 is 0 Å². The number of amides is 1. The molecule has 0 bridgehead atoms. The Balaban J connectivity index is 1.53. The lowest BCUT2D eigenvalue weighted by Crippen LogP contribution is -2.38. The van der Waals surface area contributed by atoms with Gasteiger partial charge >= 0.3 is 0 Å². The van der Waals surface area contributed by atoms with E-state index >= 15 is 0 Å². The SMILES string of the molecule is COc1ccc(-n2nc(-c3cccc(OC)c3)cc2C(=O)NCCCN2CCOCC2)cc1. The minimum absolute atomic E-state index is 0.158. The highest BCUT2D eigenvalue weighted by Gasteiger charge is 2.18. The van der Waals surface area contributed by atoms with E-state index in [0.717, 1.165) is 62.0 Å². The molecule has 0 atom stereocenters. The summed E-state index contributed by atoms with van der Waals surface area (Å²) in [5.74, 6) is 1.32. The molecule has 2 aromatic carbocycles. The quantitative estimate of drug-likeness (QED) is 0.505. The third-order valence-electron chi connectivity index (χ3n) is 5.66. The van der Waals surface area contributed by atoms with Crippen molar-refractivity contribution in [2.45, 2.75) is 6.42 Å². The molecule has 174 valence electrons. The fourth-order valence-corrected chi connectivity index (χ4v) is 3.81. The second kappa shape index (κ2) is 11.0. The number of hydrogen-bond acceptors (Lipinski definition) is 6. The maximum atomic E-state index is 13.1. The highest BCUT2D eigenvalue weighted by molar-refractivity contribution is 5.94. The number of hydrogen-bond donors (Lipinski definition) is 1. The molecule has 0 unspecified atom stereocenters. The predicted octanol–water partition coefficient (Wildman–Crippen LogP) is 3.01. The monoisotopic (exact) mass is 450 g/mol. The van der Waals surface area contributed by atoms with Gasteiger partial charge in [0.05, 0.1) is 38.8 Å². The molecule has 0 saturated carbocycles. The van der Waals surface area contributed by atoms with Gasteiger partial charge in [0.15, 0.2) is 0 Å². The van der Waals surface area contributed by atoms with Crippen molar-refractivity contribution in [3.63, 3.8) is 0 Å². The summed E-state index contributed by atoms with van der Waals surface area (Å²) in [6.07, 6.45) is 0.880. The number of morpholine rings is 1. The Morgan fingerprint density at radius 3 is 2.52 bits per heavy atom. The van der Waals surface area contributed by atoms with Crippen LogP contribution in [0.1, 0.15) is 16.9 Å². The number of nitrogens with zero attached hydrogens (tertiary/aromatic N) is 3. The number of aromatic nitrogens is 2. The van der Waals surface area contributed by atoms with E-state index in [9.17, 15) is 4.79 Å². The van der Waals surface area contributed by atoms with Gasteiger partial charge in [0.2, 0.25) is 0 Å². The zero-order valence-electron chi connectivity index (χ0n) is 19.1. The van der Waals surface area contributed by atoms with Gasteiger partial charge in [-0.1, -0.05) is 12.1 Å². The first-order chi connectivity index (χ1) is 16.2. The van der Waals surface area contributed by atoms with Crippen molar-refractivity contribution in [1.82, 2.24) is 20.0 Å². The molecule has 1 aromatic heterocycles. The predicted molar refractivity (Wildman–Crippen MR) is 126 cm³/mol. The molecule has 1 aliphatic heterocycles. The minimum Gasteiger partial charge on any atom is -0.497 e. The molecule has 1 aliphatic rings. The van der Waals surface area contributed by atoms with Crippen molar-refractivity contribution in [2.24, 2.45) is 0 Å². The van der Waals surface area contributed by atoms with Crippen molar-refractivity contribution in [3.8, 4) is 28.4 Å². The molecule has 0 spiro atoms. The third kappa shape index (κ3) is 5.71. The molecule has 0 aliphatic carbocycles. The first-order valence-electron chi connectivity index (χ1n) is 11.1. The van der Waals surface area contributed by atoms with Crippen LogP contribution in [0.5, 0.6) is 11.5 Å². The van der Waals surface area contributed by atoms with Crippen LogP contribution in [-0.4, -0.2) is 74.2 Å². The Morgan fingerprint density at radius 2 is 1.79 bits per heavy atom. The van der Waals surface area contributed by atoms with Crippen LogP contribution in [0.4, 0.5) is 0 Å². The normalized spacial score (nSPS) is 14.1. The third-order valence-corrected chi connectivity index (χ3v) is 5.66. The summed E-state index contributed by atoms with van der Waals surface area (Å²) in [6.45, 7) is 4.99. The summed E-state index contributed by atoms with van der Waals surface area (Å²) in [6, 6.07) is 16.9. The molecule has 4 rings (SSSR count). The first-order valence-corrected chi connectivity index (χ1v) is 11.1. The molecular weight excluding hydrogens is 420 g/mol. The number of nitrogens with one attached hydrogen (secondary N) is 1. The Morgan fingerprint density at radius 1 is 1.03 bits per heavy atom. The molecule has 3 aromatic rings. The van der Waals surface area contributed by atoms with Crippen molar-refractivity contribution >= 4 is 5.91 Å². The van der Waals surface area contributed by atoms with Gasteiger partial charge < -0.3 is 19.5 Å². The molecule has 33 heavy (non-hydrogen) atoms. The Labute approximate surface area is 194 Å². The standard InChI is InChI=1S/C25H30N4O4/c1-31-21-9-7-20(8-10-21)29-24(18-23(27-29)19-5-3-6-22(17-19)32-2)25(30)26-11-4-12-28-13-15-33-16-14-28/h3,5-10,17-18H,4,11-16H2,1-2H3,(H,26,30). The molecule has 0 radical (unpaired) electrons. The van der Waals surface area contributed by atoms with Crippen molar-refractivity contribution in [2.75, 3.05) is 53.6 Å².